The van der Waals surface area contributed by atoms with Gasteiger partial charge < -0.3 is 29.7 Å². The second-order valence-electron chi connectivity index (χ2n) is 11.8. The summed E-state index contributed by atoms with van der Waals surface area (Å²) in [4.78, 5) is 58.6. The summed E-state index contributed by atoms with van der Waals surface area (Å²) in [5, 5.41) is 12.1. The number of carbonyl (C=O) groups is 4. The normalized spacial score (nSPS) is 31.7. The molecule has 2 N–H and O–H groups in total. The Kier molecular flexibility index (Phi) is 9.97. The molecule has 10 nitrogen and oxygen atoms in total. The molecular weight excluding hydrogens is 550 g/mol. The van der Waals surface area contributed by atoms with Crippen LogP contribution in [0.2, 0.25) is 0 Å². The molecule has 1 spiro atoms. The van der Waals surface area contributed by atoms with E-state index in [0.29, 0.717) is 45.3 Å². The molecule has 2 saturated heterocycles. The van der Waals surface area contributed by atoms with E-state index in [-0.39, 0.29) is 37.3 Å². The minimum Gasteiger partial charge on any atom is -0.455 e. The van der Waals surface area contributed by atoms with Crippen molar-refractivity contribution in [3.05, 3.63) is 60.2 Å². The molecule has 0 radical (unpaired) electrons. The molecule has 232 valence electrons. The smallest absolute Gasteiger partial charge is 0.313 e. The molecule has 43 heavy (non-hydrogen) atoms. The first kappa shape index (κ1) is 30.9. The summed E-state index contributed by atoms with van der Waals surface area (Å²) in [7, 11) is 0. The molecule has 4 heterocycles. The van der Waals surface area contributed by atoms with E-state index < -0.39 is 41.7 Å². The lowest BCUT2D eigenvalue weighted by molar-refractivity contribution is -0.160. The largest absolute Gasteiger partial charge is 0.455 e. The molecule has 10 heteroatoms. The second-order valence-corrected chi connectivity index (χ2v) is 11.8. The highest BCUT2D eigenvalue weighted by atomic mass is 16.6. The lowest BCUT2D eigenvalue weighted by atomic mass is 9.78. The molecule has 6 atom stereocenters. The first-order valence-electron chi connectivity index (χ1n) is 15.7. The molecule has 3 amide bonds. The zero-order valence-corrected chi connectivity index (χ0v) is 24.9. The number of likely N-dealkylation sites (tertiary alicyclic amines) is 1. The molecular formula is C33H43N3O7. The fourth-order valence-corrected chi connectivity index (χ4v) is 6.81. The van der Waals surface area contributed by atoms with Gasteiger partial charge in [-0.15, -0.1) is 0 Å². The van der Waals surface area contributed by atoms with Crippen LogP contribution in [0.25, 0.3) is 0 Å². The number of aliphatic hydroxyl groups is 1. The zero-order chi connectivity index (χ0) is 30.4. The van der Waals surface area contributed by atoms with Crippen molar-refractivity contribution in [3.63, 3.8) is 0 Å². The van der Waals surface area contributed by atoms with Crippen LogP contribution in [0.4, 0.5) is 0 Å². The number of nitrogens with zero attached hydrogens (tertiary/aromatic N) is 2. The quantitative estimate of drug-likeness (QED) is 0.256. The Bertz CT molecular complexity index is 1230. The Morgan fingerprint density at radius 3 is 2.58 bits per heavy atom. The maximum atomic E-state index is 14.4. The standard InChI is InChI=1S/C33H43N3O7/c1-2-3-18-35-19-12-17-33-28(30(39)36(29(33)31(35)40)20-10-5-11-21-37)27-24(43-33)15-8-9-16-26(38)34-22-25(42-32(27)41)23-13-6-4-7-14-23/h4,6-8,12-15,17,24-25,27-29,37H,2-3,5,9-11,16,18-22H2,1H3,(H,34,38)/b15-8-/t24-,25+,27+,28+,29-,33+/m0/s1. The van der Waals surface area contributed by atoms with E-state index >= 15 is 0 Å². The number of benzene rings is 1. The number of amides is 3. The van der Waals surface area contributed by atoms with Gasteiger partial charge in [-0.2, -0.15) is 0 Å². The van der Waals surface area contributed by atoms with Gasteiger partial charge in [0.15, 0.2) is 0 Å². The molecule has 0 unspecified atom stereocenters. The third kappa shape index (κ3) is 6.26. The number of allylic oxidation sites excluding steroid dienone is 1. The maximum Gasteiger partial charge on any atom is 0.313 e. The molecule has 5 rings (SSSR count). The van der Waals surface area contributed by atoms with Crippen LogP contribution in [0.3, 0.4) is 0 Å². The van der Waals surface area contributed by atoms with Crippen molar-refractivity contribution in [2.75, 3.05) is 32.8 Å². The summed E-state index contributed by atoms with van der Waals surface area (Å²) in [5.41, 5.74) is -0.604. The zero-order valence-electron chi connectivity index (χ0n) is 24.9. The molecule has 0 bridgehead atoms. The third-order valence-corrected chi connectivity index (χ3v) is 8.97. The number of carbonyl (C=O) groups excluding carboxylic acids is 4. The van der Waals surface area contributed by atoms with Crippen molar-refractivity contribution in [3.8, 4) is 0 Å². The molecule has 0 aromatic heterocycles. The molecule has 1 aromatic carbocycles. The number of fused-ring (bicyclic) bond motifs is 2. The lowest BCUT2D eigenvalue weighted by Crippen LogP contribution is -2.55. The lowest BCUT2D eigenvalue weighted by Gasteiger charge is -2.35. The Balaban J connectivity index is 1.54. The average molecular weight is 594 g/mol. The first-order valence-corrected chi connectivity index (χ1v) is 15.7. The van der Waals surface area contributed by atoms with E-state index in [0.717, 1.165) is 18.4 Å². The van der Waals surface area contributed by atoms with E-state index in [1.165, 1.54) is 0 Å². The summed E-state index contributed by atoms with van der Waals surface area (Å²) in [5.74, 6) is -3.14. The van der Waals surface area contributed by atoms with Crippen molar-refractivity contribution < 1.29 is 33.8 Å². The van der Waals surface area contributed by atoms with Gasteiger partial charge in [0.05, 0.1) is 18.6 Å². The molecule has 4 aliphatic rings. The SMILES string of the molecule is CCCCN1CC=C[C@@]23O[C@H]4/C=C\CCC(=O)NC[C@H](c5ccccc5)OC(=O)[C@H]4[C@@H]2C(=O)N(CCCCCO)[C@H]3C1=O. The number of hydrogen-bond acceptors (Lipinski definition) is 7. The second kappa shape index (κ2) is 13.9. The fourth-order valence-electron chi connectivity index (χ4n) is 6.81. The van der Waals surface area contributed by atoms with Crippen LogP contribution in [0.15, 0.2) is 54.6 Å². The number of ether oxygens (including phenoxy) is 2. The molecule has 4 aliphatic heterocycles. The Labute approximate surface area is 253 Å². The van der Waals surface area contributed by atoms with E-state index in [1.807, 2.05) is 42.5 Å². The summed E-state index contributed by atoms with van der Waals surface area (Å²) in [6.07, 6.45) is 10.1. The Morgan fingerprint density at radius 2 is 1.81 bits per heavy atom. The molecule has 0 aliphatic carbocycles. The van der Waals surface area contributed by atoms with Crippen LogP contribution < -0.4 is 5.32 Å². The van der Waals surface area contributed by atoms with Crippen molar-refractivity contribution >= 4 is 23.7 Å². The van der Waals surface area contributed by atoms with E-state index in [9.17, 15) is 24.3 Å². The van der Waals surface area contributed by atoms with Gasteiger partial charge in [0.2, 0.25) is 17.7 Å². The summed E-state index contributed by atoms with van der Waals surface area (Å²) >= 11 is 0. The van der Waals surface area contributed by atoms with Gasteiger partial charge in [0, 0.05) is 32.7 Å². The van der Waals surface area contributed by atoms with Crippen molar-refractivity contribution in [1.29, 1.82) is 0 Å². The van der Waals surface area contributed by atoms with Gasteiger partial charge >= 0.3 is 5.97 Å². The number of nitrogens with one attached hydrogen (secondary N) is 1. The average Bonchev–Trinajstić information content (AvgIpc) is 3.39. The van der Waals surface area contributed by atoms with Gasteiger partial charge in [-0.25, -0.2) is 0 Å². The highest BCUT2D eigenvalue weighted by Crippen LogP contribution is 2.53. The van der Waals surface area contributed by atoms with E-state index in [4.69, 9.17) is 9.47 Å². The van der Waals surface area contributed by atoms with Gasteiger partial charge in [-0.05, 0) is 37.7 Å². The monoisotopic (exact) mass is 593 g/mol. The summed E-state index contributed by atoms with van der Waals surface area (Å²) < 4.78 is 12.8. The van der Waals surface area contributed by atoms with Crippen LogP contribution in [0.1, 0.15) is 63.5 Å². The minimum atomic E-state index is -1.33. The molecule has 2 fully saturated rings. The van der Waals surface area contributed by atoms with Crippen molar-refractivity contribution in [1.82, 2.24) is 15.1 Å². The van der Waals surface area contributed by atoms with E-state index in [1.54, 1.807) is 22.0 Å². The minimum absolute atomic E-state index is 0.0600. The van der Waals surface area contributed by atoms with E-state index in [2.05, 4.69) is 12.2 Å². The van der Waals surface area contributed by atoms with Crippen LogP contribution >= 0.6 is 0 Å². The van der Waals surface area contributed by atoms with Crippen LogP contribution in [0, 0.1) is 11.8 Å². The van der Waals surface area contributed by atoms with Crippen LogP contribution in [-0.4, -0.2) is 89.1 Å². The molecule has 0 saturated carbocycles. The summed E-state index contributed by atoms with van der Waals surface area (Å²) in [6.45, 7) is 3.53. The van der Waals surface area contributed by atoms with Gasteiger partial charge in [0.25, 0.3) is 0 Å². The van der Waals surface area contributed by atoms with Crippen LogP contribution in [0.5, 0.6) is 0 Å². The maximum absolute atomic E-state index is 14.4. The number of esters is 1. The topological polar surface area (TPSA) is 125 Å². The predicted octanol–water partition coefficient (Wildman–Crippen LogP) is 2.68. The number of aliphatic hydroxyl groups excluding tert-OH is 1. The predicted molar refractivity (Wildman–Crippen MR) is 158 cm³/mol. The fraction of sp³-hybridized carbons (Fsp3) is 0.576. The third-order valence-electron chi connectivity index (χ3n) is 8.97. The first-order chi connectivity index (χ1) is 20.9. The molecule has 1 aromatic rings. The highest BCUT2D eigenvalue weighted by molar-refractivity contribution is 5.99. The number of rotatable bonds is 9. The number of hydrogen-bond donors (Lipinski definition) is 2. The van der Waals surface area contributed by atoms with Gasteiger partial charge in [-0.3, -0.25) is 19.2 Å². The van der Waals surface area contributed by atoms with Crippen LogP contribution in [-0.2, 0) is 28.7 Å². The van der Waals surface area contributed by atoms with Gasteiger partial charge in [0.1, 0.15) is 23.7 Å². The number of cyclic esters (lactones) is 1. The Hall–Kier alpha value is -3.50. The Morgan fingerprint density at radius 1 is 1.00 bits per heavy atom. The van der Waals surface area contributed by atoms with Gasteiger partial charge in [-0.1, -0.05) is 68.0 Å². The summed E-state index contributed by atoms with van der Waals surface area (Å²) in [6, 6.07) is 8.30. The highest BCUT2D eigenvalue weighted by Gasteiger charge is 2.71. The number of unbranched alkanes of at least 4 members (excludes halogenated alkanes) is 3. The van der Waals surface area contributed by atoms with Crippen molar-refractivity contribution in [2.45, 2.75) is 75.7 Å². The van der Waals surface area contributed by atoms with Crippen molar-refractivity contribution in [2.24, 2.45) is 11.8 Å².